The van der Waals surface area contributed by atoms with Crippen molar-refractivity contribution in [2.24, 2.45) is 5.41 Å². The van der Waals surface area contributed by atoms with Crippen molar-refractivity contribution in [2.45, 2.75) is 32.6 Å². The van der Waals surface area contributed by atoms with Crippen LogP contribution < -0.4 is 10.1 Å². The third-order valence-electron chi connectivity index (χ3n) is 3.92. The lowest BCUT2D eigenvalue weighted by Gasteiger charge is -2.32. The summed E-state index contributed by atoms with van der Waals surface area (Å²) in [5.41, 5.74) is 4.43. The molecular formula is C15H19NO. The van der Waals surface area contributed by atoms with Crippen LogP contribution in [0, 0.1) is 5.41 Å². The van der Waals surface area contributed by atoms with Crippen LogP contribution in [0.4, 0.5) is 5.69 Å². The molecule has 0 saturated carbocycles. The molecular weight excluding hydrogens is 210 g/mol. The second-order valence-electron chi connectivity index (χ2n) is 5.86. The van der Waals surface area contributed by atoms with E-state index in [0.29, 0.717) is 11.3 Å². The van der Waals surface area contributed by atoms with E-state index in [4.69, 9.17) is 4.74 Å². The van der Waals surface area contributed by atoms with E-state index in [9.17, 15) is 0 Å². The average Bonchev–Trinajstić information content (AvgIpc) is 2.65. The highest BCUT2D eigenvalue weighted by molar-refractivity contribution is 5.67. The largest absolute Gasteiger partial charge is 0.497 e. The molecule has 1 aromatic carbocycles. The first-order valence-corrected chi connectivity index (χ1v) is 6.24. The van der Waals surface area contributed by atoms with E-state index in [0.717, 1.165) is 12.2 Å². The molecule has 2 heteroatoms. The Morgan fingerprint density at radius 2 is 2.18 bits per heavy atom. The molecule has 17 heavy (non-hydrogen) atoms. The van der Waals surface area contributed by atoms with Gasteiger partial charge in [0.1, 0.15) is 5.75 Å². The minimum Gasteiger partial charge on any atom is -0.497 e. The molecule has 1 aromatic rings. The van der Waals surface area contributed by atoms with Gasteiger partial charge in [0.25, 0.3) is 0 Å². The third kappa shape index (κ3) is 1.72. The molecule has 1 aliphatic heterocycles. The van der Waals surface area contributed by atoms with Crippen molar-refractivity contribution in [1.82, 2.24) is 0 Å². The van der Waals surface area contributed by atoms with Crippen LogP contribution in [-0.2, 0) is 0 Å². The molecule has 2 aliphatic rings. The highest BCUT2D eigenvalue weighted by Crippen LogP contribution is 2.50. The van der Waals surface area contributed by atoms with Gasteiger partial charge in [-0.3, -0.25) is 0 Å². The first kappa shape index (κ1) is 10.7. The second-order valence-corrected chi connectivity index (χ2v) is 5.86. The van der Waals surface area contributed by atoms with E-state index >= 15 is 0 Å². The van der Waals surface area contributed by atoms with Crippen molar-refractivity contribution in [3.63, 3.8) is 0 Å². The Hall–Kier alpha value is -1.44. The Bertz CT molecular complexity index is 488. The molecule has 2 nitrogen and oxygen atoms in total. The summed E-state index contributed by atoms with van der Waals surface area (Å²) in [6, 6.07) is 6.32. The summed E-state index contributed by atoms with van der Waals surface area (Å²) < 4.78 is 5.32. The first-order valence-electron chi connectivity index (χ1n) is 6.24. The van der Waals surface area contributed by atoms with Crippen molar-refractivity contribution in [3.8, 4) is 5.75 Å². The minimum absolute atomic E-state index is 0.403. The van der Waals surface area contributed by atoms with E-state index in [2.05, 4.69) is 37.4 Å². The van der Waals surface area contributed by atoms with Crippen LogP contribution in [-0.4, -0.2) is 7.11 Å². The number of rotatable bonds is 1. The zero-order chi connectivity index (χ0) is 12.0. The fourth-order valence-corrected chi connectivity index (χ4v) is 2.92. The fraction of sp³-hybridized carbons (Fsp3) is 0.467. The van der Waals surface area contributed by atoms with Crippen LogP contribution in [0.1, 0.15) is 38.2 Å². The standard InChI is InChI=1S/C15H19NO/c1-15(2)7-6-14-12(9-15)11-8-10(17-3)4-5-13(11)16-14/h4-6,8,12,16H,7,9H2,1-3H3. The maximum absolute atomic E-state index is 5.32. The van der Waals surface area contributed by atoms with Gasteiger partial charge >= 0.3 is 0 Å². The van der Waals surface area contributed by atoms with Gasteiger partial charge in [-0.15, -0.1) is 0 Å². The Labute approximate surface area is 103 Å². The average molecular weight is 229 g/mol. The number of anilines is 1. The monoisotopic (exact) mass is 229 g/mol. The molecule has 1 aliphatic carbocycles. The molecule has 0 aromatic heterocycles. The van der Waals surface area contributed by atoms with E-state index in [1.54, 1.807) is 7.11 Å². The molecule has 0 spiro atoms. The maximum atomic E-state index is 5.32. The Morgan fingerprint density at radius 3 is 2.94 bits per heavy atom. The molecule has 0 radical (unpaired) electrons. The van der Waals surface area contributed by atoms with Gasteiger partial charge in [0.2, 0.25) is 0 Å². The highest BCUT2D eigenvalue weighted by atomic mass is 16.5. The number of fused-ring (bicyclic) bond motifs is 3. The zero-order valence-corrected chi connectivity index (χ0v) is 10.7. The highest BCUT2D eigenvalue weighted by Gasteiger charge is 2.35. The lowest BCUT2D eigenvalue weighted by Crippen LogP contribution is -2.20. The molecule has 1 atom stereocenters. The smallest absolute Gasteiger partial charge is 0.119 e. The van der Waals surface area contributed by atoms with Gasteiger partial charge in [0, 0.05) is 17.3 Å². The maximum Gasteiger partial charge on any atom is 0.119 e. The Balaban J connectivity index is 2.03. The van der Waals surface area contributed by atoms with E-state index in [-0.39, 0.29) is 0 Å². The molecule has 90 valence electrons. The summed E-state index contributed by atoms with van der Waals surface area (Å²) in [6.45, 7) is 4.69. The van der Waals surface area contributed by atoms with Gasteiger partial charge in [0.15, 0.2) is 0 Å². The quantitative estimate of drug-likeness (QED) is 0.788. The van der Waals surface area contributed by atoms with Crippen molar-refractivity contribution < 1.29 is 4.74 Å². The number of hydrogen-bond donors (Lipinski definition) is 1. The molecule has 0 fully saturated rings. The van der Waals surface area contributed by atoms with Gasteiger partial charge in [-0.2, -0.15) is 0 Å². The lowest BCUT2D eigenvalue weighted by molar-refractivity contribution is 0.307. The fourth-order valence-electron chi connectivity index (χ4n) is 2.92. The molecule has 1 unspecified atom stereocenters. The normalized spacial score (nSPS) is 24.4. The van der Waals surface area contributed by atoms with E-state index in [1.165, 1.54) is 23.4 Å². The predicted octanol–water partition coefficient (Wildman–Crippen LogP) is 3.91. The SMILES string of the molecule is COc1ccc2c(c1)C1CC(C)(C)CC=C1N2. The number of nitrogens with one attached hydrogen (secondary N) is 1. The first-order chi connectivity index (χ1) is 8.09. The van der Waals surface area contributed by atoms with Crippen LogP contribution in [0.5, 0.6) is 5.75 Å². The molecule has 0 saturated heterocycles. The minimum atomic E-state index is 0.403. The second kappa shape index (κ2) is 3.52. The van der Waals surface area contributed by atoms with Crippen LogP contribution in [0.3, 0.4) is 0 Å². The molecule has 3 rings (SSSR count). The molecule has 1 heterocycles. The van der Waals surface area contributed by atoms with Crippen molar-refractivity contribution in [3.05, 3.63) is 35.5 Å². The summed E-state index contributed by atoms with van der Waals surface area (Å²) >= 11 is 0. The third-order valence-corrected chi connectivity index (χ3v) is 3.92. The predicted molar refractivity (Wildman–Crippen MR) is 70.5 cm³/mol. The van der Waals surface area contributed by atoms with Crippen molar-refractivity contribution >= 4 is 5.69 Å². The van der Waals surface area contributed by atoms with Gasteiger partial charge in [-0.05, 0) is 42.0 Å². The summed E-state index contributed by atoms with van der Waals surface area (Å²) in [7, 11) is 1.73. The van der Waals surface area contributed by atoms with Gasteiger partial charge in [-0.25, -0.2) is 0 Å². The summed E-state index contributed by atoms with van der Waals surface area (Å²) in [6.07, 6.45) is 4.74. The van der Waals surface area contributed by atoms with Crippen molar-refractivity contribution in [1.29, 1.82) is 0 Å². The van der Waals surface area contributed by atoms with Crippen LogP contribution in [0.2, 0.25) is 0 Å². The number of methoxy groups -OCH3 is 1. The summed E-state index contributed by atoms with van der Waals surface area (Å²) in [4.78, 5) is 0. The van der Waals surface area contributed by atoms with E-state index in [1.807, 2.05) is 6.07 Å². The topological polar surface area (TPSA) is 21.3 Å². The zero-order valence-electron chi connectivity index (χ0n) is 10.7. The van der Waals surface area contributed by atoms with E-state index < -0.39 is 0 Å². The van der Waals surface area contributed by atoms with Gasteiger partial charge < -0.3 is 10.1 Å². The number of ether oxygens (including phenoxy) is 1. The Kier molecular flexibility index (Phi) is 2.22. The number of allylic oxidation sites excluding steroid dienone is 2. The van der Waals surface area contributed by atoms with Crippen molar-refractivity contribution in [2.75, 3.05) is 12.4 Å². The summed E-state index contributed by atoms with van der Waals surface area (Å²) in [5, 5.41) is 3.53. The molecule has 0 amide bonds. The number of benzene rings is 1. The van der Waals surface area contributed by atoms with Crippen LogP contribution >= 0.6 is 0 Å². The number of hydrogen-bond acceptors (Lipinski definition) is 2. The summed E-state index contributed by atoms with van der Waals surface area (Å²) in [5.74, 6) is 1.49. The molecule has 0 bridgehead atoms. The van der Waals surface area contributed by atoms with Crippen LogP contribution in [0.15, 0.2) is 30.0 Å². The van der Waals surface area contributed by atoms with Gasteiger partial charge in [0.05, 0.1) is 7.11 Å². The molecule has 1 N–H and O–H groups in total. The van der Waals surface area contributed by atoms with Crippen LogP contribution in [0.25, 0.3) is 0 Å². The Morgan fingerprint density at radius 1 is 1.35 bits per heavy atom. The van der Waals surface area contributed by atoms with Gasteiger partial charge in [-0.1, -0.05) is 19.9 Å². The lowest BCUT2D eigenvalue weighted by atomic mass is 9.73.